The van der Waals surface area contributed by atoms with Crippen LogP contribution in [-0.2, 0) is 4.74 Å². The third kappa shape index (κ3) is 3.28. The SMILES string of the molecule is CCOC(=O)c1sc(NC(=O)c2c(F)cccc2F)nc1C. The number of aromatic nitrogens is 1. The molecule has 0 atom stereocenters. The molecule has 0 aliphatic rings. The van der Waals surface area contributed by atoms with Crippen LogP contribution >= 0.6 is 11.3 Å². The molecule has 116 valence electrons. The van der Waals surface area contributed by atoms with E-state index in [1.54, 1.807) is 13.8 Å². The van der Waals surface area contributed by atoms with Crippen LogP contribution in [0.3, 0.4) is 0 Å². The zero-order valence-electron chi connectivity index (χ0n) is 11.8. The minimum Gasteiger partial charge on any atom is -0.462 e. The van der Waals surface area contributed by atoms with Crippen LogP contribution in [0, 0.1) is 18.6 Å². The highest BCUT2D eigenvalue weighted by atomic mass is 32.1. The molecular formula is C14H12F2N2O3S. The third-order valence-corrected chi connectivity index (χ3v) is 3.72. The molecular weight excluding hydrogens is 314 g/mol. The van der Waals surface area contributed by atoms with Crippen LogP contribution in [-0.4, -0.2) is 23.5 Å². The highest BCUT2D eigenvalue weighted by Gasteiger charge is 2.21. The predicted octanol–water partition coefficient (Wildman–Crippen LogP) is 3.16. The molecule has 5 nitrogen and oxygen atoms in total. The smallest absolute Gasteiger partial charge is 0.350 e. The average Bonchev–Trinajstić information content (AvgIpc) is 2.79. The fourth-order valence-electron chi connectivity index (χ4n) is 1.71. The largest absolute Gasteiger partial charge is 0.462 e. The Labute approximate surface area is 128 Å². The first kappa shape index (κ1) is 16.0. The van der Waals surface area contributed by atoms with Crippen LogP contribution in [0.4, 0.5) is 13.9 Å². The summed E-state index contributed by atoms with van der Waals surface area (Å²) in [5.41, 5.74) is -0.333. The normalized spacial score (nSPS) is 10.4. The van der Waals surface area contributed by atoms with Gasteiger partial charge in [0.15, 0.2) is 5.13 Å². The number of halogens is 2. The molecule has 1 N–H and O–H groups in total. The van der Waals surface area contributed by atoms with Gasteiger partial charge in [-0.2, -0.15) is 0 Å². The van der Waals surface area contributed by atoms with Gasteiger partial charge in [-0.1, -0.05) is 17.4 Å². The van der Waals surface area contributed by atoms with Gasteiger partial charge in [0.05, 0.1) is 12.3 Å². The van der Waals surface area contributed by atoms with Gasteiger partial charge in [0.25, 0.3) is 5.91 Å². The van der Waals surface area contributed by atoms with Crippen molar-refractivity contribution in [2.75, 3.05) is 11.9 Å². The van der Waals surface area contributed by atoms with Gasteiger partial charge < -0.3 is 4.74 Å². The molecule has 1 aromatic heterocycles. The highest BCUT2D eigenvalue weighted by Crippen LogP contribution is 2.24. The van der Waals surface area contributed by atoms with Crippen LogP contribution in [0.25, 0.3) is 0 Å². The molecule has 0 aliphatic heterocycles. The minimum atomic E-state index is -0.976. The van der Waals surface area contributed by atoms with Gasteiger partial charge in [0, 0.05) is 0 Å². The predicted molar refractivity (Wildman–Crippen MR) is 77.1 cm³/mol. The summed E-state index contributed by atoms with van der Waals surface area (Å²) in [7, 11) is 0. The molecule has 0 spiro atoms. The quantitative estimate of drug-likeness (QED) is 0.876. The number of carbonyl (C=O) groups excluding carboxylic acids is 2. The van der Waals surface area contributed by atoms with Crippen molar-refractivity contribution < 1.29 is 23.1 Å². The zero-order valence-corrected chi connectivity index (χ0v) is 12.6. The molecule has 1 heterocycles. The summed E-state index contributed by atoms with van der Waals surface area (Å²) in [5.74, 6) is -3.48. The van der Waals surface area contributed by atoms with E-state index in [4.69, 9.17) is 4.74 Å². The Morgan fingerprint density at radius 3 is 2.55 bits per heavy atom. The molecule has 2 rings (SSSR count). The number of nitrogens with zero attached hydrogens (tertiary/aromatic N) is 1. The summed E-state index contributed by atoms with van der Waals surface area (Å²) < 4.78 is 31.9. The summed E-state index contributed by atoms with van der Waals surface area (Å²) in [6.45, 7) is 3.44. The molecule has 0 saturated heterocycles. The topological polar surface area (TPSA) is 68.3 Å². The first-order valence-electron chi connectivity index (χ1n) is 6.34. The van der Waals surface area contributed by atoms with E-state index in [2.05, 4.69) is 10.3 Å². The van der Waals surface area contributed by atoms with Crippen molar-refractivity contribution in [1.29, 1.82) is 0 Å². The maximum Gasteiger partial charge on any atom is 0.350 e. The fraction of sp³-hybridized carbons (Fsp3) is 0.214. The van der Waals surface area contributed by atoms with E-state index in [9.17, 15) is 18.4 Å². The summed E-state index contributed by atoms with van der Waals surface area (Å²) in [6, 6.07) is 3.12. The number of aryl methyl sites for hydroxylation is 1. The van der Waals surface area contributed by atoms with Crippen molar-refractivity contribution in [2.24, 2.45) is 0 Å². The van der Waals surface area contributed by atoms with Crippen LogP contribution in [0.2, 0.25) is 0 Å². The Morgan fingerprint density at radius 1 is 1.32 bits per heavy atom. The maximum absolute atomic E-state index is 13.5. The molecule has 0 radical (unpaired) electrons. The molecule has 8 heteroatoms. The number of ether oxygens (including phenoxy) is 1. The summed E-state index contributed by atoms with van der Waals surface area (Å²) >= 11 is 0.880. The lowest BCUT2D eigenvalue weighted by molar-refractivity contribution is 0.0531. The van der Waals surface area contributed by atoms with Gasteiger partial charge in [-0.3, -0.25) is 10.1 Å². The first-order valence-corrected chi connectivity index (χ1v) is 7.15. The van der Waals surface area contributed by atoms with Crippen molar-refractivity contribution in [2.45, 2.75) is 13.8 Å². The van der Waals surface area contributed by atoms with Crippen LogP contribution in [0.15, 0.2) is 18.2 Å². The average molecular weight is 326 g/mol. The number of anilines is 1. The van der Waals surface area contributed by atoms with Crippen LogP contribution in [0.5, 0.6) is 0 Å². The van der Waals surface area contributed by atoms with Crippen molar-refractivity contribution in [3.63, 3.8) is 0 Å². The number of hydrogen-bond acceptors (Lipinski definition) is 5. The molecule has 22 heavy (non-hydrogen) atoms. The lowest BCUT2D eigenvalue weighted by Gasteiger charge is -2.04. The van der Waals surface area contributed by atoms with E-state index in [-0.39, 0.29) is 16.6 Å². The highest BCUT2D eigenvalue weighted by molar-refractivity contribution is 7.17. The van der Waals surface area contributed by atoms with Gasteiger partial charge in [-0.15, -0.1) is 0 Å². The molecule has 0 aliphatic carbocycles. The maximum atomic E-state index is 13.5. The van der Waals surface area contributed by atoms with Gasteiger partial charge in [0.1, 0.15) is 22.1 Å². The Kier molecular flexibility index (Phi) is 4.81. The minimum absolute atomic E-state index is 0.0632. The van der Waals surface area contributed by atoms with E-state index in [1.807, 2.05) is 0 Å². The van der Waals surface area contributed by atoms with Gasteiger partial charge in [-0.05, 0) is 26.0 Å². The van der Waals surface area contributed by atoms with Crippen molar-refractivity contribution in [3.8, 4) is 0 Å². The van der Waals surface area contributed by atoms with Crippen molar-refractivity contribution >= 4 is 28.3 Å². The van der Waals surface area contributed by atoms with Crippen molar-refractivity contribution in [1.82, 2.24) is 4.98 Å². The number of amides is 1. The number of benzene rings is 1. The third-order valence-electron chi connectivity index (χ3n) is 2.67. The number of esters is 1. The van der Waals surface area contributed by atoms with E-state index in [0.29, 0.717) is 5.69 Å². The fourth-order valence-corrected chi connectivity index (χ4v) is 2.57. The molecule has 1 amide bonds. The number of carbonyl (C=O) groups is 2. The molecule has 2 aromatic rings. The van der Waals surface area contributed by atoms with Gasteiger partial charge in [0.2, 0.25) is 0 Å². The molecule has 0 bridgehead atoms. The molecule has 0 unspecified atom stereocenters. The number of hydrogen-bond donors (Lipinski definition) is 1. The number of thiazole rings is 1. The van der Waals surface area contributed by atoms with E-state index in [1.165, 1.54) is 0 Å². The lowest BCUT2D eigenvalue weighted by Crippen LogP contribution is -2.15. The van der Waals surface area contributed by atoms with Gasteiger partial charge >= 0.3 is 5.97 Å². The van der Waals surface area contributed by atoms with Crippen LogP contribution < -0.4 is 5.32 Å². The first-order chi connectivity index (χ1) is 10.4. The number of rotatable bonds is 4. The Morgan fingerprint density at radius 2 is 1.95 bits per heavy atom. The Bertz CT molecular complexity index is 711. The Hall–Kier alpha value is -2.35. The monoisotopic (exact) mass is 326 g/mol. The number of nitrogens with one attached hydrogen (secondary N) is 1. The van der Waals surface area contributed by atoms with E-state index < -0.39 is 29.1 Å². The zero-order chi connectivity index (χ0) is 16.3. The molecule has 1 aromatic carbocycles. The van der Waals surface area contributed by atoms with E-state index >= 15 is 0 Å². The molecule has 0 fully saturated rings. The second-order valence-corrected chi connectivity index (χ2v) is 5.20. The van der Waals surface area contributed by atoms with Gasteiger partial charge in [-0.25, -0.2) is 18.6 Å². The Balaban J connectivity index is 2.23. The summed E-state index contributed by atoms with van der Waals surface area (Å²) in [5, 5.41) is 2.34. The second-order valence-electron chi connectivity index (χ2n) is 4.20. The van der Waals surface area contributed by atoms with Crippen LogP contribution in [0.1, 0.15) is 32.6 Å². The molecule has 0 saturated carbocycles. The summed E-state index contributed by atoms with van der Waals surface area (Å²) in [6.07, 6.45) is 0. The lowest BCUT2D eigenvalue weighted by atomic mass is 10.2. The standard InChI is InChI=1S/C14H12F2N2O3S/c1-3-21-13(20)11-7(2)17-14(22-11)18-12(19)10-8(15)5-4-6-9(10)16/h4-6H,3H2,1-2H3,(H,17,18,19). The summed E-state index contributed by atoms with van der Waals surface area (Å²) in [4.78, 5) is 27.8. The van der Waals surface area contributed by atoms with E-state index in [0.717, 1.165) is 29.5 Å². The van der Waals surface area contributed by atoms with Crippen molar-refractivity contribution in [3.05, 3.63) is 46.0 Å². The second kappa shape index (κ2) is 6.61.